The summed E-state index contributed by atoms with van der Waals surface area (Å²) in [4.78, 5) is 25.5. The molecular formula is C19H29NO3S. The van der Waals surface area contributed by atoms with Crippen LogP contribution in [0, 0.1) is 11.8 Å². The number of carbonyl (C=O) groups is 2. The van der Waals surface area contributed by atoms with Crippen molar-refractivity contribution in [3.05, 3.63) is 30.3 Å². The zero-order valence-corrected chi connectivity index (χ0v) is 16.1. The number of carbonyl (C=O) groups excluding carboxylic acids is 2. The lowest BCUT2D eigenvalue weighted by Gasteiger charge is -2.27. The van der Waals surface area contributed by atoms with E-state index >= 15 is 0 Å². The first-order valence-electron chi connectivity index (χ1n) is 8.40. The summed E-state index contributed by atoms with van der Waals surface area (Å²) in [5.74, 6) is -0.138. The molecule has 2 atom stereocenters. The van der Waals surface area contributed by atoms with Gasteiger partial charge in [0.15, 0.2) is 0 Å². The quantitative estimate of drug-likeness (QED) is 0.570. The monoisotopic (exact) mass is 351 g/mol. The van der Waals surface area contributed by atoms with Gasteiger partial charge in [-0.15, -0.1) is 11.8 Å². The minimum absolute atomic E-state index is 0.0688. The first-order chi connectivity index (χ1) is 11.2. The summed E-state index contributed by atoms with van der Waals surface area (Å²) < 4.78 is 5.49. The standard InChI is InChI=1S/C19H29NO3S/c1-6-14(2)16(18(22)23-19(3,4)5)12-20-17(21)13-24-15-10-8-7-9-11-15/h7-11,14,16H,6,12-13H2,1-5H3,(H,20,21)/t14-,16?/m0/s1. The van der Waals surface area contributed by atoms with Gasteiger partial charge in [-0.2, -0.15) is 0 Å². The summed E-state index contributed by atoms with van der Waals surface area (Å²) in [7, 11) is 0. The van der Waals surface area contributed by atoms with Crippen molar-refractivity contribution in [2.24, 2.45) is 11.8 Å². The maximum absolute atomic E-state index is 12.4. The zero-order chi connectivity index (χ0) is 18.2. The number of hydrogen-bond acceptors (Lipinski definition) is 4. The Balaban J connectivity index is 2.51. The summed E-state index contributed by atoms with van der Waals surface area (Å²) in [5.41, 5.74) is -0.518. The topological polar surface area (TPSA) is 55.4 Å². The summed E-state index contributed by atoms with van der Waals surface area (Å²) in [5, 5.41) is 2.87. The molecule has 0 aromatic heterocycles. The molecule has 1 unspecified atom stereocenters. The SMILES string of the molecule is CC[C@H](C)C(CNC(=O)CSc1ccccc1)C(=O)OC(C)(C)C. The minimum atomic E-state index is -0.518. The molecule has 1 aromatic rings. The normalized spacial score (nSPS) is 13.9. The van der Waals surface area contributed by atoms with Crippen molar-refractivity contribution in [3.8, 4) is 0 Å². The second kappa shape index (κ2) is 9.72. The van der Waals surface area contributed by atoms with Crippen molar-refractivity contribution in [3.63, 3.8) is 0 Å². The Labute approximate surface area is 149 Å². The van der Waals surface area contributed by atoms with E-state index in [1.165, 1.54) is 11.8 Å². The van der Waals surface area contributed by atoms with Gasteiger partial charge in [-0.3, -0.25) is 9.59 Å². The number of nitrogens with one attached hydrogen (secondary N) is 1. The molecular weight excluding hydrogens is 322 g/mol. The van der Waals surface area contributed by atoms with E-state index in [1.54, 1.807) is 0 Å². The second-order valence-corrected chi connectivity index (χ2v) is 7.98. The fraction of sp³-hybridized carbons (Fsp3) is 0.579. The fourth-order valence-electron chi connectivity index (χ4n) is 2.12. The Morgan fingerprint density at radius 3 is 2.38 bits per heavy atom. The van der Waals surface area contributed by atoms with Gasteiger partial charge < -0.3 is 10.1 Å². The molecule has 0 spiro atoms. The van der Waals surface area contributed by atoms with Crippen molar-refractivity contribution in [2.75, 3.05) is 12.3 Å². The maximum Gasteiger partial charge on any atom is 0.311 e. The first-order valence-corrected chi connectivity index (χ1v) is 9.39. The van der Waals surface area contributed by atoms with E-state index < -0.39 is 5.60 Å². The van der Waals surface area contributed by atoms with Gasteiger partial charge in [-0.05, 0) is 38.8 Å². The molecule has 0 heterocycles. The van der Waals surface area contributed by atoms with E-state index in [0.29, 0.717) is 12.3 Å². The van der Waals surface area contributed by atoms with Crippen LogP contribution >= 0.6 is 11.8 Å². The zero-order valence-electron chi connectivity index (χ0n) is 15.3. The van der Waals surface area contributed by atoms with Gasteiger partial charge in [0.05, 0.1) is 11.7 Å². The highest BCUT2D eigenvalue weighted by atomic mass is 32.2. The predicted octanol–water partition coefficient (Wildman–Crippen LogP) is 3.90. The van der Waals surface area contributed by atoms with Crippen LogP contribution in [0.5, 0.6) is 0 Å². The largest absolute Gasteiger partial charge is 0.460 e. The molecule has 0 aliphatic carbocycles. The van der Waals surface area contributed by atoms with Crippen LogP contribution in [0.25, 0.3) is 0 Å². The van der Waals surface area contributed by atoms with Crippen molar-refractivity contribution in [2.45, 2.75) is 51.5 Å². The molecule has 1 N–H and O–H groups in total. The molecule has 4 nitrogen and oxygen atoms in total. The number of benzene rings is 1. The number of esters is 1. The van der Waals surface area contributed by atoms with Crippen LogP contribution in [0.3, 0.4) is 0 Å². The lowest BCUT2D eigenvalue weighted by atomic mass is 9.91. The number of thioether (sulfide) groups is 1. The molecule has 1 rings (SSSR count). The molecule has 1 amide bonds. The van der Waals surface area contributed by atoms with E-state index in [4.69, 9.17) is 4.74 Å². The van der Waals surface area contributed by atoms with Crippen LogP contribution in [0.15, 0.2) is 35.2 Å². The van der Waals surface area contributed by atoms with Crippen molar-refractivity contribution < 1.29 is 14.3 Å². The maximum atomic E-state index is 12.4. The van der Waals surface area contributed by atoms with Gasteiger partial charge in [0.2, 0.25) is 5.91 Å². The first kappa shape index (κ1) is 20.6. The Hall–Kier alpha value is -1.49. The highest BCUT2D eigenvalue weighted by molar-refractivity contribution is 8.00. The summed E-state index contributed by atoms with van der Waals surface area (Å²) in [6.45, 7) is 9.93. The van der Waals surface area contributed by atoms with Gasteiger partial charge >= 0.3 is 5.97 Å². The van der Waals surface area contributed by atoms with Crippen LogP contribution in [-0.4, -0.2) is 29.8 Å². The number of rotatable bonds is 8. The molecule has 0 bridgehead atoms. The van der Waals surface area contributed by atoms with E-state index in [9.17, 15) is 9.59 Å². The third kappa shape index (κ3) is 7.86. The van der Waals surface area contributed by atoms with Gasteiger partial charge in [-0.1, -0.05) is 38.5 Å². The van der Waals surface area contributed by atoms with Crippen LogP contribution in [0.4, 0.5) is 0 Å². The van der Waals surface area contributed by atoms with E-state index in [2.05, 4.69) is 5.32 Å². The van der Waals surface area contributed by atoms with Crippen LogP contribution in [0.1, 0.15) is 41.0 Å². The van der Waals surface area contributed by atoms with Gasteiger partial charge in [0.1, 0.15) is 5.60 Å². The molecule has 134 valence electrons. The molecule has 0 radical (unpaired) electrons. The van der Waals surface area contributed by atoms with E-state index in [-0.39, 0.29) is 23.7 Å². The summed E-state index contributed by atoms with van der Waals surface area (Å²) in [6, 6.07) is 9.78. The Bertz CT molecular complexity index is 525. The molecule has 0 fully saturated rings. The van der Waals surface area contributed by atoms with Crippen molar-refractivity contribution in [1.82, 2.24) is 5.32 Å². The van der Waals surface area contributed by atoms with E-state index in [1.807, 2.05) is 65.0 Å². The van der Waals surface area contributed by atoms with Gasteiger partial charge in [0.25, 0.3) is 0 Å². The number of hydrogen-bond donors (Lipinski definition) is 1. The molecule has 0 aliphatic rings. The highest BCUT2D eigenvalue weighted by Crippen LogP contribution is 2.20. The van der Waals surface area contributed by atoms with Crippen molar-refractivity contribution >= 4 is 23.6 Å². The van der Waals surface area contributed by atoms with E-state index in [0.717, 1.165) is 11.3 Å². The van der Waals surface area contributed by atoms with Crippen LogP contribution < -0.4 is 5.32 Å². The Morgan fingerprint density at radius 2 is 1.83 bits per heavy atom. The van der Waals surface area contributed by atoms with Gasteiger partial charge in [-0.25, -0.2) is 0 Å². The third-order valence-electron chi connectivity index (χ3n) is 3.67. The lowest BCUT2D eigenvalue weighted by Crippen LogP contribution is -2.40. The fourth-order valence-corrected chi connectivity index (χ4v) is 2.87. The molecule has 24 heavy (non-hydrogen) atoms. The van der Waals surface area contributed by atoms with Crippen LogP contribution in [-0.2, 0) is 14.3 Å². The second-order valence-electron chi connectivity index (χ2n) is 6.93. The highest BCUT2D eigenvalue weighted by Gasteiger charge is 2.29. The third-order valence-corrected chi connectivity index (χ3v) is 4.68. The molecule has 0 saturated carbocycles. The Morgan fingerprint density at radius 1 is 1.21 bits per heavy atom. The van der Waals surface area contributed by atoms with Crippen molar-refractivity contribution in [1.29, 1.82) is 0 Å². The number of amides is 1. The summed E-state index contributed by atoms with van der Waals surface area (Å²) in [6.07, 6.45) is 0.860. The average molecular weight is 352 g/mol. The lowest BCUT2D eigenvalue weighted by molar-refractivity contribution is -0.161. The smallest absolute Gasteiger partial charge is 0.311 e. The molecule has 0 aliphatic heterocycles. The predicted molar refractivity (Wildman–Crippen MR) is 99.0 cm³/mol. The Kier molecular flexibility index (Phi) is 8.32. The summed E-state index contributed by atoms with van der Waals surface area (Å²) >= 11 is 1.48. The average Bonchev–Trinajstić information content (AvgIpc) is 2.52. The molecule has 1 aromatic carbocycles. The molecule has 0 saturated heterocycles. The minimum Gasteiger partial charge on any atom is -0.460 e. The van der Waals surface area contributed by atoms with Crippen LogP contribution in [0.2, 0.25) is 0 Å². The number of ether oxygens (including phenoxy) is 1. The molecule has 5 heteroatoms. The van der Waals surface area contributed by atoms with Gasteiger partial charge in [0, 0.05) is 11.4 Å².